The van der Waals surface area contributed by atoms with Gasteiger partial charge in [-0.2, -0.15) is 10.1 Å². The Morgan fingerprint density at radius 1 is 1.11 bits per heavy atom. The van der Waals surface area contributed by atoms with Crippen molar-refractivity contribution < 1.29 is 13.5 Å². The van der Waals surface area contributed by atoms with E-state index in [1.54, 1.807) is 12.1 Å². The lowest BCUT2D eigenvalue weighted by molar-refractivity contribution is 0.420. The van der Waals surface area contributed by atoms with E-state index in [1.165, 1.54) is 6.07 Å². The van der Waals surface area contributed by atoms with Crippen molar-refractivity contribution in [3.63, 3.8) is 0 Å². The van der Waals surface area contributed by atoms with Gasteiger partial charge in [0, 0.05) is 34.1 Å². The van der Waals surface area contributed by atoms with Crippen molar-refractivity contribution in [2.45, 2.75) is 6.54 Å². The second kappa shape index (κ2) is 6.94. The van der Waals surface area contributed by atoms with Crippen LogP contribution in [-0.4, -0.2) is 15.2 Å². The van der Waals surface area contributed by atoms with Gasteiger partial charge in [0.15, 0.2) is 17.2 Å². The number of halogens is 3. The molecule has 136 valence electrons. The Morgan fingerprint density at radius 3 is 2.67 bits per heavy atom. The summed E-state index contributed by atoms with van der Waals surface area (Å²) in [6.07, 6.45) is 0. The van der Waals surface area contributed by atoms with Crippen molar-refractivity contribution >= 4 is 22.6 Å². The topological polar surface area (TPSA) is 76.8 Å². The van der Waals surface area contributed by atoms with Crippen molar-refractivity contribution in [2.75, 3.05) is 0 Å². The second-order valence-corrected chi connectivity index (χ2v) is 6.19. The average Bonchev–Trinajstić information content (AvgIpc) is 3.06. The summed E-state index contributed by atoms with van der Waals surface area (Å²) < 4.78 is 32.5. The molecule has 8 heteroatoms. The van der Waals surface area contributed by atoms with Gasteiger partial charge in [0.1, 0.15) is 5.82 Å². The van der Waals surface area contributed by atoms with Gasteiger partial charge >= 0.3 is 0 Å². The van der Waals surface area contributed by atoms with Crippen LogP contribution in [0.2, 0.25) is 5.02 Å². The summed E-state index contributed by atoms with van der Waals surface area (Å²) in [5, 5.41) is 8.36. The van der Waals surface area contributed by atoms with Crippen molar-refractivity contribution in [1.82, 2.24) is 15.2 Å². The summed E-state index contributed by atoms with van der Waals surface area (Å²) in [5.74, 6) is -1.58. The molecule has 4 aromatic rings. The molecule has 0 aliphatic heterocycles. The highest BCUT2D eigenvalue weighted by Crippen LogP contribution is 2.34. The van der Waals surface area contributed by atoms with Crippen LogP contribution in [-0.2, 0) is 6.54 Å². The maximum Gasteiger partial charge on any atom is 0.226 e. The maximum atomic E-state index is 13.9. The molecule has 2 aromatic carbocycles. The lowest BCUT2D eigenvalue weighted by Gasteiger charge is -2.10. The molecule has 0 radical (unpaired) electrons. The molecule has 0 atom stereocenters. The Bertz CT molecular complexity index is 1150. The van der Waals surface area contributed by atoms with E-state index >= 15 is 0 Å². The van der Waals surface area contributed by atoms with Gasteiger partial charge < -0.3 is 10.5 Å². The Hall–Kier alpha value is -3.03. The number of pyridine rings is 1. The number of nitrogens with two attached hydrogens (primary N) is 1. The molecular weight excluding hydrogens is 374 g/mol. The molecule has 0 saturated carbocycles. The van der Waals surface area contributed by atoms with E-state index < -0.39 is 11.6 Å². The number of hydrogen-bond acceptors (Lipinski definition) is 4. The summed E-state index contributed by atoms with van der Waals surface area (Å²) in [7, 11) is 0. The minimum absolute atomic E-state index is 0.104. The normalized spacial score (nSPS) is 11.1. The van der Waals surface area contributed by atoms with Crippen LogP contribution in [0.3, 0.4) is 0 Å². The first kappa shape index (κ1) is 17.4. The summed E-state index contributed by atoms with van der Waals surface area (Å²) >= 11 is 6.27. The van der Waals surface area contributed by atoms with E-state index in [9.17, 15) is 8.78 Å². The van der Waals surface area contributed by atoms with Crippen molar-refractivity contribution in [3.8, 4) is 22.9 Å². The number of aromatic amines is 1. The number of nitrogens with zero attached hydrogens (tertiary/aromatic N) is 2. The number of benzene rings is 2. The molecule has 0 saturated heterocycles. The third-order valence-electron chi connectivity index (χ3n) is 4.05. The molecule has 5 nitrogen and oxygen atoms in total. The van der Waals surface area contributed by atoms with Crippen LogP contribution in [0.25, 0.3) is 22.3 Å². The minimum Gasteiger partial charge on any atom is -0.436 e. The zero-order valence-corrected chi connectivity index (χ0v) is 14.6. The van der Waals surface area contributed by atoms with E-state index in [1.807, 2.05) is 18.2 Å². The number of rotatable bonds is 4. The number of ether oxygens (including phenoxy) is 1. The van der Waals surface area contributed by atoms with E-state index in [0.29, 0.717) is 27.3 Å². The van der Waals surface area contributed by atoms with Gasteiger partial charge in [-0.1, -0.05) is 29.8 Å². The van der Waals surface area contributed by atoms with E-state index in [0.717, 1.165) is 17.7 Å². The lowest BCUT2D eigenvalue weighted by atomic mass is 10.1. The third-order valence-corrected chi connectivity index (χ3v) is 4.38. The van der Waals surface area contributed by atoms with Gasteiger partial charge in [-0.15, -0.1) is 0 Å². The summed E-state index contributed by atoms with van der Waals surface area (Å²) in [6.45, 7) is 0.105. The molecule has 0 aliphatic carbocycles. The van der Waals surface area contributed by atoms with Crippen molar-refractivity contribution in [2.24, 2.45) is 5.73 Å². The SMILES string of the molecule is NCc1cc2c(-c3ccccc3Cl)[nH]nc2nc1Oc1ccc(F)cc1F. The number of H-pyrrole nitrogens is 1. The highest BCUT2D eigenvalue weighted by molar-refractivity contribution is 6.33. The number of nitrogens with one attached hydrogen (secondary N) is 1. The Labute approximate surface area is 157 Å². The predicted octanol–water partition coefficient (Wildman–Crippen LogP) is 4.81. The largest absolute Gasteiger partial charge is 0.436 e. The van der Waals surface area contributed by atoms with Gasteiger partial charge in [-0.25, -0.2) is 8.78 Å². The number of aromatic nitrogens is 3. The smallest absolute Gasteiger partial charge is 0.226 e. The van der Waals surface area contributed by atoms with Gasteiger partial charge in [-0.05, 0) is 24.3 Å². The Kier molecular flexibility index (Phi) is 4.47. The molecular formula is C19H13ClF2N4O. The summed E-state index contributed by atoms with van der Waals surface area (Å²) in [5.41, 5.74) is 8.18. The number of hydrogen-bond donors (Lipinski definition) is 2. The zero-order valence-electron chi connectivity index (χ0n) is 13.8. The molecule has 2 aromatic heterocycles. The second-order valence-electron chi connectivity index (χ2n) is 5.78. The molecule has 0 spiro atoms. The van der Waals surface area contributed by atoms with Crippen LogP contribution >= 0.6 is 11.6 Å². The van der Waals surface area contributed by atoms with Crippen LogP contribution in [0, 0.1) is 11.6 Å². The predicted molar refractivity (Wildman–Crippen MR) is 98.7 cm³/mol. The molecule has 27 heavy (non-hydrogen) atoms. The highest BCUT2D eigenvalue weighted by atomic mass is 35.5. The van der Waals surface area contributed by atoms with Gasteiger partial charge in [-0.3, -0.25) is 5.10 Å². The van der Waals surface area contributed by atoms with Crippen LogP contribution in [0.15, 0.2) is 48.5 Å². The third kappa shape index (κ3) is 3.22. The van der Waals surface area contributed by atoms with Crippen LogP contribution in [0.5, 0.6) is 11.6 Å². The summed E-state index contributed by atoms with van der Waals surface area (Å²) in [6, 6.07) is 12.1. The van der Waals surface area contributed by atoms with Crippen LogP contribution in [0.1, 0.15) is 5.56 Å². The molecule has 0 fully saturated rings. The quantitative estimate of drug-likeness (QED) is 0.527. The number of fused-ring (bicyclic) bond motifs is 1. The van der Waals surface area contributed by atoms with Crippen molar-refractivity contribution in [1.29, 1.82) is 0 Å². The fourth-order valence-electron chi connectivity index (χ4n) is 2.73. The van der Waals surface area contributed by atoms with Crippen LogP contribution in [0.4, 0.5) is 8.78 Å². The van der Waals surface area contributed by atoms with E-state index in [-0.39, 0.29) is 18.2 Å². The average molecular weight is 387 g/mol. The molecule has 0 unspecified atom stereocenters. The van der Waals surface area contributed by atoms with E-state index in [4.69, 9.17) is 22.1 Å². The Morgan fingerprint density at radius 2 is 1.93 bits per heavy atom. The van der Waals surface area contributed by atoms with Gasteiger partial charge in [0.2, 0.25) is 5.88 Å². The van der Waals surface area contributed by atoms with Gasteiger partial charge in [0.25, 0.3) is 0 Å². The molecule has 0 amide bonds. The monoisotopic (exact) mass is 386 g/mol. The lowest BCUT2D eigenvalue weighted by Crippen LogP contribution is -2.02. The Balaban J connectivity index is 1.81. The molecule has 4 rings (SSSR count). The van der Waals surface area contributed by atoms with Gasteiger partial charge in [0.05, 0.1) is 5.69 Å². The zero-order chi connectivity index (χ0) is 19.0. The van der Waals surface area contributed by atoms with E-state index in [2.05, 4.69) is 15.2 Å². The standard InChI is InChI=1S/C19H13ClF2N4O/c20-14-4-2-1-3-12(14)17-13-7-10(9-23)19(24-18(13)26-25-17)27-16-6-5-11(21)8-15(16)22/h1-8H,9,23H2,(H,24,25,26). The fourth-order valence-corrected chi connectivity index (χ4v) is 2.96. The summed E-state index contributed by atoms with van der Waals surface area (Å²) in [4.78, 5) is 4.33. The molecule has 3 N–H and O–H groups in total. The fraction of sp³-hybridized carbons (Fsp3) is 0.0526. The maximum absolute atomic E-state index is 13.9. The first-order valence-corrected chi connectivity index (χ1v) is 8.40. The highest BCUT2D eigenvalue weighted by Gasteiger charge is 2.17. The van der Waals surface area contributed by atoms with Crippen LogP contribution < -0.4 is 10.5 Å². The molecule has 0 aliphatic rings. The first-order valence-electron chi connectivity index (χ1n) is 8.02. The van der Waals surface area contributed by atoms with Crippen molar-refractivity contribution in [3.05, 3.63) is 70.8 Å². The first-order chi connectivity index (χ1) is 13.1. The molecule has 2 heterocycles. The molecule has 0 bridgehead atoms. The minimum atomic E-state index is -0.835.